The third-order valence-corrected chi connectivity index (χ3v) is 4.24. The maximum absolute atomic E-state index is 13.3. The topological polar surface area (TPSA) is 38.0 Å². The van der Waals surface area contributed by atoms with Crippen molar-refractivity contribution in [2.24, 2.45) is 7.05 Å². The zero-order chi connectivity index (χ0) is 15.6. The van der Waals surface area contributed by atoms with Crippen LogP contribution in [0.4, 0.5) is 4.39 Å². The maximum atomic E-state index is 13.3. The summed E-state index contributed by atoms with van der Waals surface area (Å²) < 4.78 is 15.9. The highest BCUT2D eigenvalue weighted by molar-refractivity contribution is 9.10. The first kappa shape index (κ1) is 16.2. The van der Waals surface area contributed by atoms with Crippen molar-refractivity contribution in [1.82, 2.24) is 9.78 Å². The lowest BCUT2D eigenvalue weighted by Gasteiger charge is -2.11. The molecule has 0 aliphatic carbocycles. The number of nitrogens with zero attached hydrogens (tertiary/aromatic N) is 2. The van der Waals surface area contributed by atoms with E-state index in [4.69, 9.17) is 0 Å². The fourth-order valence-electron chi connectivity index (χ4n) is 2.59. The van der Waals surface area contributed by atoms with Crippen LogP contribution in [0.5, 0.6) is 0 Å². The molecule has 0 fully saturated rings. The number of aromatic nitrogens is 2. The molecule has 1 atom stereocenters. The van der Waals surface area contributed by atoms with Crippen LogP contribution in [-0.4, -0.2) is 21.0 Å². The lowest BCUT2D eigenvalue weighted by molar-refractivity contribution is 0.165. The highest BCUT2D eigenvalue weighted by atomic mass is 79.9. The van der Waals surface area contributed by atoms with E-state index in [-0.39, 0.29) is 5.82 Å². The van der Waals surface area contributed by atoms with Gasteiger partial charge in [0.15, 0.2) is 0 Å². The third kappa shape index (κ3) is 4.14. The zero-order valence-electron chi connectivity index (χ0n) is 12.5. The summed E-state index contributed by atoms with van der Waals surface area (Å²) in [4.78, 5) is 0. The van der Waals surface area contributed by atoms with Gasteiger partial charge in [-0.25, -0.2) is 4.39 Å². The molecule has 2 aromatic rings. The lowest BCUT2D eigenvalue weighted by Crippen LogP contribution is -2.12. The van der Waals surface area contributed by atoms with Crippen LogP contribution in [0.25, 0.3) is 0 Å². The fourth-order valence-corrected chi connectivity index (χ4v) is 3.11. The lowest BCUT2D eigenvalue weighted by atomic mass is 10.0. The average Bonchev–Trinajstić information content (AvgIpc) is 2.60. The van der Waals surface area contributed by atoms with Crippen LogP contribution >= 0.6 is 15.9 Å². The first-order valence-corrected chi connectivity index (χ1v) is 7.78. The first-order valence-electron chi connectivity index (χ1n) is 6.99. The Hall–Kier alpha value is -1.20. The monoisotopic (exact) mass is 354 g/mol. The highest BCUT2D eigenvalue weighted by Crippen LogP contribution is 2.19. The van der Waals surface area contributed by atoms with Crippen molar-refractivity contribution < 1.29 is 9.50 Å². The van der Waals surface area contributed by atoms with Gasteiger partial charge < -0.3 is 5.11 Å². The Labute approximate surface area is 132 Å². The van der Waals surface area contributed by atoms with Gasteiger partial charge in [-0.3, -0.25) is 4.68 Å². The molecule has 2 rings (SSSR count). The van der Waals surface area contributed by atoms with Gasteiger partial charge in [0.25, 0.3) is 0 Å². The molecule has 0 aliphatic heterocycles. The van der Waals surface area contributed by atoms with Gasteiger partial charge in [-0.15, -0.1) is 0 Å². The minimum Gasteiger partial charge on any atom is -0.393 e. The molecule has 114 valence electrons. The molecule has 0 amide bonds. The molecule has 1 heterocycles. The Morgan fingerprint density at radius 1 is 1.33 bits per heavy atom. The minimum absolute atomic E-state index is 0.287. The predicted molar refractivity (Wildman–Crippen MR) is 84.8 cm³/mol. The fraction of sp³-hybridized carbons (Fsp3) is 0.438. The summed E-state index contributed by atoms with van der Waals surface area (Å²) in [5.41, 5.74) is 4.13. The molecule has 0 spiro atoms. The van der Waals surface area contributed by atoms with Crippen LogP contribution in [0, 0.1) is 19.7 Å². The molecule has 1 N–H and O–H groups in total. The van der Waals surface area contributed by atoms with Crippen molar-refractivity contribution >= 4 is 15.9 Å². The normalized spacial score (nSPS) is 12.7. The van der Waals surface area contributed by atoms with E-state index in [1.807, 2.05) is 31.6 Å². The van der Waals surface area contributed by atoms with Crippen molar-refractivity contribution in [1.29, 1.82) is 0 Å². The SMILES string of the molecule is Cc1nn(C)c(C)c1CCC(O)Cc1cc(F)cc(Br)c1. The molecule has 5 heteroatoms. The summed E-state index contributed by atoms with van der Waals surface area (Å²) in [5.74, 6) is -0.287. The predicted octanol–water partition coefficient (Wildman–Crippen LogP) is 3.47. The number of benzene rings is 1. The maximum Gasteiger partial charge on any atom is 0.124 e. The van der Waals surface area contributed by atoms with Crippen molar-refractivity contribution in [3.63, 3.8) is 0 Å². The second kappa shape index (κ2) is 6.71. The van der Waals surface area contributed by atoms with Crippen LogP contribution < -0.4 is 0 Å². The molecule has 0 saturated heterocycles. The van der Waals surface area contributed by atoms with Crippen LogP contribution in [0.1, 0.15) is 28.9 Å². The van der Waals surface area contributed by atoms with Gasteiger partial charge >= 0.3 is 0 Å². The number of halogens is 2. The Morgan fingerprint density at radius 2 is 2.05 bits per heavy atom. The molecule has 21 heavy (non-hydrogen) atoms. The van der Waals surface area contributed by atoms with Gasteiger partial charge in [-0.05, 0) is 62.4 Å². The van der Waals surface area contributed by atoms with E-state index < -0.39 is 6.10 Å². The molecule has 0 bridgehead atoms. The smallest absolute Gasteiger partial charge is 0.124 e. The Bertz CT molecular complexity index is 619. The molecule has 1 unspecified atom stereocenters. The van der Waals surface area contributed by atoms with Gasteiger partial charge in [0.2, 0.25) is 0 Å². The van der Waals surface area contributed by atoms with E-state index in [1.54, 1.807) is 0 Å². The molecular formula is C16H20BrFN2O. The van der Waals surface area contributed by atoms with E-state index in [2.05, 4.69) is 21.0 Å². The number of aryl methyl sites for hydroxylation is 2. The van der Waals surface area contributed by atoms with Crippen molar-refractivity contribution in [2.75, 3.05) is 0 Å². The molecule has 0 saturated carbocycles. The highest BCUT2D eigenvalue weighted by Gasteiger charge is 2.13. The Balaban J connectivity index is 1.97. The number of aliphatic hydroxyl groups is 1. The van der Waals surface area contributed by atoms with E-state index in [0.29, 0.717) is 17.3 Å². The number of aliphatic hydroxyl groups excluding tert-OH is 1. The number of rotatable bonds is 5. The second-order valence-corrected chi connectivity index (χ2v) is 6.36. The minimum atomic E-state index is -0.488. The van der Waals surface area contributed by atoms with E-state index in [9.17, 15) is 9.50 Å². The summed E-state index contributed by atoms with van der Waals surface area (Å²) in [7, 11) is 1.92. The second-order valence-electron chi connectivity index (χ2n) is 5.45. The quantitative estimate of drug-likeness (QED) is 0.892. The Kier molecular flexibility index (Phi) is 5.17. The van der Waals surface area contributed by atoms with E-state index >= 15 is 0 Å². The van der Waals surface area contributed by atoms with E-state index in [0.717, 1.165) is 23.4 Å². The molecule has 1 aromatic carbocycles. The third-order valence-electron chi connectivity index (χ3n) is 3.78. The first-order chi connectivity index (χ1) is 9.86. The van der Waals surface area contributed by atoms with Crippen molar-refractivity contribution in [3.05, 3.63) is 51.0 Å². The van der Waals surface area contributed by atoms with Crippen LogP contribution in [0.2, 0.25) is 0 Å². The largest absolute Gasteiger partial charge is 0.393 e. The summed E-state index contributed by atoms with van der Waals surface area (Å²) in [6.07, 6.45) is 1.39. The van der Waals surface area contributed by atoms with Crippen LogP contribution in [-0.2, 0) is 19.9 Å². The van der Waals surface area contributed by atoms with E-state index in [1.165, 1.54) is 17.7 Å². The summed E-state index contributed by atoms with van der Waals surface area (Å²) in [6, 6.07) is 4.72. The number of hydrogen-bond donors (Lipinski definition) is 1. The van der Waals surface area contributed by atoms with Gasteiger partial charge in [-0.2, -0.15) is 5.10 Å². The molecule has 1 aromatic heterocycles. The summed E-state index contributed by atoms with van der Waals surface area (Å²) >= 11 is 3.27. The standard InChI is InChI=1S/C16H20BrFN2O/c1-10-16(11(2)20(3)19-10)5-4-15(21)8-12-6-13(17)9-14(18)7-12/h6-7,9,15,21H,4-5,8H2,1-3H3. The molecule has 0 radical (unpaired) electrons. The molecule has 0 aliphatic rings. The summed E-state index contributed by atoms with van der Waals surface area (Å²) in [6.45, 7) is 4.02. The van der Waals surface area contributed by atoms with Gasteiger partial charge in [0, 0.05) is 17.2 Å². The van der Waals surface area contributed by atoms with Crippen molar-refractivity contribution in [3.8, 4) is 0 Å². The zero-order valence-corrected chi connectivity index (χ0v) is 14.1. The molecule has 3 nitrogen and oxygen atoms in total. The molecular weight excluding hydrogens is 335 g/mol. The van der Waals surface area contributed by atoms with Gasteiger partial charge in [0.1, 0.15) is 5.82 Å². The van der Waals surface area contributed by atoms with Crippen molar-refractivity contribution in [2.45, 2.75) is 39.2 Å². The summed E-state index contributed by atoms with van der Waals surface area (Å²) in [5, 5.41) is 14.5. The van der Waals surface area contributed by atoms with Gasteiger partial charge in [-0.1, -0.05) is 15.9 Å². The van der Waals surface area contributed by atoms with Gasteiger partial charge in [0.05, 0.1) is 11.8 Å². The van der Waals surface area contributed by atoms with Crippen LogP contribution in [0.3, 0.4) is 0 Å². The average molecular weight is 355 g/mol. The Morgan fingerprint density at radius 3 is 2.62 bits per heavy atom. The number of hydrogen-bond acceptors (Lipinski definition) is 2. The van der Waals surface area contributed by atoms with Crippen LogP contribution in [0.15, 0.2) is 22.7 Å².